The van der Waals surface area contributed by atoms with E-state index in [4.69, 9.17) is 10.5 Å². The van der Waals surface area contributed by atoms with Crippen molar-refractivity contribution in [2.45, 2.75) is 16.9 Å². The fourth-order valence-corrected chi connectivity index (χ4v) is 5.02. The highest BCUT2D eigenvalue weighted by molar-refractivity contribution is 7.89. The molecule has 0 saturated carbocycles. The van der Waals surface area contributed by atoms with E-state index in [0.717, 1.165) is 5.56 Å². The molecule has 7 nitrogen and oxygen atoms in total. The van der Waals surface area contributed by atoms with Gasteiger partial charge in [-0.2, -0.15) is 9.40 Å². The van der Waals surface area contributed by atoms with Crippen LogP contribution in [0, 0.1) is 0 Å². The van der Waals surface area contributed by atoms with Gasteiger partial charge in [0.2, 0.25) is 10.0 Å². The summed E-state index contributed by atoms with van der Waals surface area (Å²) >= 11 is 0. The van der Waals surface area contributed by atoms with Gasteiger partial charge in [-0.25, -0.2) is 13.1 Å². The largest absolute Gasteiger partial charge is 0.494 e. The van der Waals surface area contributed by atoms with Crippen LogP contribution in [0.3, 0.4) is 0 Å². The van der Waals surface area contributed by atoms with Crippen molar-refractivity contribution in [1.82, 2.24) is 14.1 Å². The van der Waals surface area contributed by atoms with Crippen LogP contribution in [0.4, 0.5) is 0 Å². The van der Waals surface area contributed by atoms with Crippen molar-refractivity contribution in [2.24, 2.45) is 5.73 Å². The molecule has 2 heterocycles. The Morgan fingerprint density at radius 3 is 2.54 bits per heavy atom. The maximum Gasteiger partial charge on any atom is 0.246 e. The summed E-state index contributed by atoms with van der Waals surface area (Å²) in [5.41, 5.74) is 7.99. The molecule has 2 atom stereocenters. The van der Waals surface area contributed by atoms with Gasteiger partial charge in [0.05, 0.1) is 19.5 Å². The minimum atomic E-state index is -3.69. The average molecular weight is 398 g/mol. The standard InChI is InChI=1S/C20H22N4O3S/c1-27-20-10-6-5-9-19(20)24-12-16(11-22-24)28(25,26)23-13-17(18(21)14-23)15-7-3-2-4-8-15/h2-12,17-18H,13-14,21H2,1H3/t17-,18+/m0/s1. The minimum Gasteiger partial charge on any atom is -0.494 e. The lowest BCUT2D eigenvalue weighted by Gasteiger charge is -2.15. The fraction of sp³-hybridized carbons (Fsp3) is 0.250. The number of benzene rings is 2. The first-order valence-electron chi connectivity index (χ1n) is 8.99. The van der Waals surface area contributed by atoms with Gasteiger partial charge >= 0.3 is 0 Å². The maximum atomic E-state index is 13.1. The van der Waals surface area contributed by atoms with Gasteiger partial charge in [-0.1, -0.05) is 42.5 Å². The number of methoxy groups -OCH3 is 1. The molecule has 1 fully saturated rings. The van der Waals surface area contributed by atoms with Crippen LogP contribution >= 0.6 is 0 Å². The van der Waals surface area contributed by atoms with Gasteiger partial charge in [0.15, 0.2) is 0 Å². The highest BCUT2D eigenvalue weighted by atomic mass is 32.2. The molecule has 1 aliphatic rings. The Morgan fingerprint density at radius 1 is 1.07 bits per heavy atom. The van der Waals surface area contributed by atoms with E-state index in [1.54, 1.807) is 13.2 Å². The van der Waals surface area contributed by atoms with Gasteiger partial charge in [0, 0.05) is 25.0 Å². The third kappa shape index (κ3) is 3.30. The summed E-state index contributed by atoms with van der Waals surface area (Å²) in [4.78, 5) is 0.138. The van der Waals surface area contributed by atoms with Gasteiger partial charge in [-0.05, 0) is 17.7 Å². The third-order valence-corrected chi connectivity index (χ3v) is 6.87. The van der Waals surface area contributed by atoms with Crippen molar-refractivity contribution >= 4 is 10.0 Å². The molecule has 0 aliphatic carbocycles. The van der Waals surface area contributed by atoms with Crippen LogP contribution in [0.25, 0.3) is 5.69 Å². The van der Waals surface area contributed by atoms with Crippen LogP contribution in [0.1, 0.15) is 11.5 Å². The van der Waals surface area contributed by atoms with Crippen LogP contribution in [-0.2, 0) is 10.0 Å². The summed E-state index contributed by atoms with van der Waals surface area (Å²) in [5.74, 6) is 0.585. The molecule has 146 valence electrons. The second-order valence-corrected chi connectivity index (χ2v) is 8.73. The Labute approximate surface area is 164 Å². The van der Waals surface area contributed by atoms with Crippen molar-refractivity contribution in [3.8, 4) is 11.4 Å². The molecule has 2 N–H and O–H groups in total. The van der Waals surface area contributed by atoms with Crippen molar-refractivity contribution < 1.29 is 13.2 Å². The van der Waals surface area contributed by atoms with Gasteiger partial charge < -0.3 is 10.5 Å². The molecule has 1 aromatic heterocycles. The molecule has 1 saturated heterocycles. The number of hydrogen-bond acceptors (Lipinski definition) is 5. The molecule has 0 radical (unpaired) electrons. The number of sulfonamides is 1. The first-order valence-corrected chi connectivity index (χ1v) is 10.4. The predicted molar refractivity (Wildman–Crippen MR) is 106 cm³/mol. The molecule has 2 aromatic carbocycles. The maximum absolute atomic E-state index is 13.1. The lowest BCUT2D eigenvalue weighted by Crippen LogP contribution is -2.32. The zero-order valence-corrected chi connectivity index (χ0v) is 16.3. The molecular formula is C20H22N4O3S. The van der Waals surface area contributed by atoms with Crippen LogP contribution in [0.2, 0.25) is 0 Å². The first-order chi connectivity index (χ1) is 13.5. The molecule has 4 rings (SSSR count). The number of rotatable bonds is 5. The molecule has 0 amide bonds. The van der Waals surface area contributed by atoms with Crippen LogP contribution in [0.15, 0.2) is 71.9 Å². The normalized spacial score (nSPS) is 20.4. The third-order valence-electron chi connectivity index (χ3n) is 5.09. The van der Waals surface area contributed by atoms with Crippen LogP contribution < -0.4 is 10.5 Å². The van der Waals surface area contributed by atoms with Crippen LogP contribution in [0.5, 0.6) is 5.75 Å². The van der Waals surface area contributed by atoms with E-state index < -0.39 is 10.0 Å². The fourth-order valence-electron chi connectivity index (χ4n) is 3.58. The Morgan fingerprint density at radius 2 is 1.79 bits per heavy atom. The van der Waals surface area contributed by atoms with E-state index >= 15 is 0 Å². The number of nitrogens with two attached hydrogens (primary N) is 1. The minimum absolute atomic E-state index is 0.0276. The monoisotopic (exact) mass is 398 g/mol. The van der Waals surface area contributed by atoms with Gasteiger partial charge in [0.1, 0.15) is 16.3 Å². The SMILES string of the molecule is COc1ccccc1-n1cc(S(=O)(=O)N2C[C@@H](N)[C@H](c3ccccc3)C2)cn1. The van der Waals surface area contributed by atoms with Crippen molar-refractivity contribution in [3.05, 3.63) is 72.6 Å². The summed E-state index contributed by atoms with van der Waals surface area (Å²) in [5, 5.41) is 4.23. The Bertz CT molecular complexity index is 1070. The van der Waals surface area contributed by atoms with Crippen molar-refractivity contribution in [3.63, 3.8) is 0 Å². The Balaban J connectivity index is 1.61. The molecule has 3 aromatic rings. The Hall–Kier alpha value is -2.68. The number of aromatic nitrogens is 2. The van der Waals surface area contributed by atoms with E-state index in [1.165, 1.54) is 21.4 Å². The molecule has 0 bridgehead atoms. The highest BCUT2D eigenvalue weighted by Gasteiger charge is 2.38. The second kappa shape index (κ2) is 7.38. The smallest absolute Gasteiger partial charge is 0.246 e. The lowest BCUT2D eigenvalue weighted by atomic mass is 9.95. The molecule has 0 spiro atoms. The number of nitrogens with zero attached hydrogens (tertiary/aromatic N) is 3. The van der Waals surface area contributed by atoms with Gasteiger partial charge in [-0.3, -0.25) is 0 Å². The molecule has 1 aliphatic heterocycles. The molecule has 28 heavy (non-hydrogen) atoms. The number of hydrogen-bond donors (Lipinski definition) is 1. The van der Waals surface area contributed by atoms with Gasteiger partial charge in [-0.15, -0.1) is 0 Å². The molecule has 8 heteroatoms. The zero-order chi connectivity index (χ0) is 19.7. The summed E-state index contributed by atoms with van der Waals surface area (Å²) < 4.78 is 34.6. The van der Waals surface area contributed by atoms with E-state index in [0.29, 0.717) is 18.0 Å². The molecular weight excluding hydrogens is 376 g/mol. The summed E-state index contributed by atoms with van der Waals surface area (Å²) in [6.07, 6.45) is 2.87. The Kier molecular flexibility index (Phi) is 4.92. The van der Waals surface area contributed by atoms with E-state index in [1.807, 2.05) is 48.5 Å². The quantitative estimate of drug-likeness (QED) is 0.710. The summed E-state index contributed by atoms with van der Waals surface area (Å²) in [6.45, 7) is 0.634. The summed E-state index contributed by atoms with van der Waals surface area (Å²) in [7, 11) is -2.13. The summed E-state index contributed by atoms with van der Waals surface area (Å²) in [6, 6.07) is 16.9. The van der Waals surface area contributed by atoms with Crippen molar-refractivity contribution in [2.75, 3.05) is 20.2 Å². The average Bonchev–Trinajstić information content (AvgIpc) is 3.36. The zero-order valence-electron chi connectivity index (χ0n) is 15.5. The topological polar surface area (TPSA) is 90.5 Å². The van der Waals surface area contributed by atoms with E-state index in [9.17, 15) is 8.42 Å². The van der Waals surface area contributed by atoms with E-state index in [-0.39, 0.29) is 23.4 Å². The van der Waals surface area contributed by atoms with Gasteiger partial charge in [0.25, 0.3) is 0 Å². The van der Waals surface area contributed by atoms with E-state index in [2.05, 4.69) is 5.10 Å². The molecule has 0 unspecified atom stereocenters. The second-order valence-electron chi connectivity index (χ2n) is 6.80. The number of ether oxygens (including phenoxy) is 1. The van der Waals surface area contributed by atoms with Crippen LogP contribution in [-0.4, -0.2) is 48.7 Å². The van der Waals surface area contributed by atoms with Crippen molar-refractivity contribution in [1.29, 1.82) is 0 Å². The highest BCUT2D eigenvalue weighted by Crippen LogP contribution is 2.31. The first kappa shape index (κ1) is 18.7. The predicted octanol–water partition coefficient (Wildman–Crippen LogP) is 2.00. The number of para-hydroxylation sites is 2. The lowest BCUT2D eigenvalue weighted by molar-refractivity contribution is 0.411.